The number of aromatic nitrogens is 1. The van der Waals surface area contributed by atoms with Crippen LogP contribution >= 0.6 is 0 Å². The summed E-state index contributed by atoms with van der Waals surface area (Å²) < 4.78 is 0. The van der Waals surface area contributed by atoms with E-state index >= 15 is 0 Å². The molecule has 0 spiro atoms. The molecule has 0 aliphatic carbocycles. The van der Waals surface area contributed by atoms with Crippen molar-refractivity contribution in [1.29, 1.82) is 0 Å². The van der Waals surface area contributed by atoms with Crippen LogP contribution in [-0.4, -0.2) is 10.8 Å². The molecule has 0 atom stereocenters. The van der Waals surface area contributed by atoms with Crippen molar-refractivity contribution in [3.63, 3.8) is 0 Å². The van der Waals surface area contributed by atoms with Crippen molar-refractivity contribution in [3.05, 3.63) is 64.5 Å². The first-order chi connectivity index (χ1) is 8.56. The molecule has 0 amide bonds. The van der Waals surface area contributed by atoms with Gasteiger partial charge in [0.25, 0.3) is 0 Å². The molecule has 1 aromatic carbocycles. The van der Waals surface area contributed by atoms with Crippen molar-refractivity contribution < 1.29 is 4.79 Å². The van der Waals surface area contributed by atoms with Crippen LogP contribution in [0.25, 0.3) is 0 Å². The molecule has 0 unspecified atom stereocenters. The minimum atomic E-state index is 0.0816. The molecule has 2 rings (SSSR count). The number of benzene rings is 1. The van der Waals surface area contributed by atoms with E-state index in [1.807, 2.05) is 51.1 Å². The zero-order valence-electron chi connectivity index (χ0n) is 11.0. The summed E-state index contributed by atoms with van der Waals surface area (Å²) in [6, 6.07) is 10.0. The maximum absolute atomic E-state index is 12.2. The van der Waals surface area contributed by atoms with Crippen molar-refractivity contribution in [2.75, 3.05) is 0 Å². The second-order valence-corrected chi connectivity index (χ2v) is 4.77. The first-order valence-electron chi connectivity index (χ1n) is 6.08. The van der Waals surface area contributed by atoms with Gasteiger partial charge in [0, 0.05) is 12.6 Å². The molecule has 0 saturated heterocycles. The third-order valence-corrected chi connectivity index (χ3v) is 2.93. The lowest BCUT2D eigenvalue weighted by Crippen LogP contribution is -2.08. The SMILES string of the molecule is Cc1cccc(CC(=O)c2ncc(C)cc2C)c1. The number of carbonyl (C=O) groups is 1. The van der Waals surface area contributed by atoms with E-state index in [4.69, 9.17) is 0 Å². The predicted molar refractivity (Wildman–Crippen MR) is 72.9 cm³/mol. The fraction of sp³-hybridized carbons (Fsp3) is 0.250. The van der Waals surface area contributed by atoms with Crippen LogP contribution in [0.5, 0.6) is 0 Å². The Hall–Kier alpha value is -1.96. The summed E-state index contributed by atoms with van der Waals surface area (Å²) in [4.78, 5) is 16.4. The molecule has 0 bridgehead atoms. The highest BCUT2D eigenvalue weighted by Gasteiger charge is 2.11. The highest BCUT2D eigenvalue weighted by Crippen LogP contribution is 2.12. The normalized spacial score (nSPS) is 10.4. The van der Waals surface area contributed by atoms with Crippen LogP contribution in [0.15, 0.2) is 36.5 Å². The zero-order valence-corrected chi connectivity index (χ0v) is 11.0. The van der Waals surface area contributed by atoms with Gasteiger partial charge in [-0.2, -0.15) is 0 Å². The summed E-state index contributed by atoms with van der Waals surface area (Å²) in [5, 5.41) is 0. The molecule has 0 fully saturated rings. The van der Waals surface area contributed by atoms with Crippen LogP contribution in [0.3, 0.4) is 0 Å². The average molecular weight is 239 g/mol. The summed E-state index contributed by atoms with van der Waals surface area (Å²) in [5.41, 5.74) is 4.84. The van der Waals surface area contributed by atoms with E-state index < -0.39 is 0 Å². The second kappa shape index (κ2) is 5.13. The molecule has 0 N–H and O–H groups in total. The third kappa shape index (κ3) is 2.83. The zero-order chi connectivity index (χ0) is 13.1. The van der Waals surface area contributed by atoms with Gasteiger partial charge in [0.2, 0.25) is 0 Å². The van der Waals surface area contributed by atoms with Gasteiger partial charge in [-0.3, -0.25) is 9.78 Å². The molecule has 18 heavy (non-hydrogen) atoms. The topological polar surface area (TPSA) is 30.0 Å². The van der Waals surface area contributed by atoms with Crippen molar-refractivity contribution >= 4 is 5.78 Å². The van der Waals surface area contributed by atoms with E-state index in [-0.39, 0.29) is 5.78 Å². The fourth-order valence-corrected chi connectivity index (χ4v) is 2.10. The predicted octanol–water partition coefficient (Wildman–Crippen LogP) is 3.43. The molecule has 1 heterocycles. The molecule has 0 aliphatic rings. The van der Waals surface area contributed by atoms with E-state index in [9.17, 15) is 4.79 Å². The summed E-state index contributed by atoms with van der Waals surface area (Å²) in [5.74, 6) is 0.0816. The van der Waals surface area contributed by atoms with Crippen molar-refractivity contribution in [1.82, 2.24) is 4.98 Å². The Morgan fingerprint density at radius 3 is 2.56 bits per heavy atom. The first-order valence-corrected chi connectivity index (χ1v) is 6.08. The summed E-state index contributed by atoms with van der Waals surface area (Å²) in [6.45, 7) is 5.95. The number of ketones is 1. The standard InChI is InChI=1S/C16H17NO/c1-11-5-4-6-14(8-11)9-15(18)16-13(3)7-12(2)10-17-16/h4-8,10H,9H2,1-3H3. The molecule has 2 aromatic rings. The number of rotatable bonds is 3. The van der Waals surface area contributed by atoms with Crippen molar-refractivity contribution in [2.45, 2.75) is 27.2 Å². The lowest BCUT2D eigenvalue weighted by atomic mass is 10.0. The van der Waals surface area contributed by atoms with Crippen LogP contribution in [0, 0.1) is 20.8 Å². The molecule has 92 valence electrons. The van der Waals surface area contributed by atoms with E-state index in [2.05, 4.69) is 4.98 Å². The van der Waals surface area contributed by atoms with Crippen molar-refractivity contribution in [2.24, 2.45) is 0 Å². The monoisotopic (exact) mass is 239 g/mol. The van der Waals surface area contributed by atoms with E-state index in [0.717, 1.165) is 16.7 Å². The van der Waals surface area contributed by atoms with Gasteiger partial charge < -0.3 is 0 Å². The van der Waals surface area contributed by atoms with Crippen LogP contribution < -0.4 is 0 Å². The molecule has 0 radical (unpaired) electrons. The minimum absolute atomic E-state index is 0.0816. The van der Waals surface area contributed by atoms with E-state index in [1.165, 1.54) is 5.56 Å². The summed E-state index contributed by atoms with van der Waals surface area (Å²) >= 11 is 0. The maximum Gasteiger partial charge on any atom is 0.185 e. The highest BCUT2D eigenvalue weighted by molar-refractivity contribution is 5.97. The quantitative estimate of drug-likeness (QED) is 0.768. The molecule has 1 aromatic heterocycles. The van der Waals surface area contributed by atoms with Crippen LogP contribution in [0.4, 0.5) is 0 Å². The molecule has 0 saturated carbocycles. The maximum atomic E-state index is 12.2. The highest BCUT2D eigenvalue weighted by atomic mass is 16.1. The number of aryl methyl sites for hydroxylation is 3. The second-order valence-electron chi connectivity index (χ2n) is 4.77. The number of nitrogens with zero attached hydrogens (tertiary/aromatic N) is 1. The van der Waals surface area contributed by atoms with Gasteiger partial charge in [0.1, 0.15) is 5.69 Å². The van der Waals surface area contributed by atoms with Crippen LogP contribution in [0.1, 0.15) is 32.7 Å². The van der Waals surface area contributed by atoms with Gasteiger partial charge >= 0.3 is 0 Å². The molecule has 2 heteroatoms. The fourth-order valence-electron chi connectivity index (χ4n) is 2.10. The number of hydrogen-bond acceptors (Lipinski definition) is 2. The smallest absolute Gasteiger partial charge is 0.185 e. The van der Waals surface area contributed by atoms with Crippen LogP contribution in [-0.2, 0) is 6.42 Å². The largest absolute Gasteiger partial charge is 0.292 e. The van der Waals surface area contributed by atoms with Crippen molar-refractivity contribution in [3.8, 4) is 0 Å². The number of Topliss-reactive ketones (excluding diaryl/α,β-unsaturated/α-hetero) is 1. The lowest BCUT2D eigenvalue weighted by Gasteiger charge is -2.05. The van der Waals surface area contributed by atoms with E-state index in [0.29, 0.717) is 12.1 Å². The summed E-state index contributed by atoms with van der Waals surface area (Å²) in [7, 11) is 0. The Labute approximate surface area is 108 Å². The molecule has 2 nitrogen and oxygen atoms in total. The van der Waals surface area contributed by atoms with Gasteiger partial charge in [-0.1, -0.05) is 35.9 Å². The van der Waals surface area contributed by atoms with Crippen LogP contribution in [0.2, 0.25) is 0 Å². The Morgan fingerprint density at radius 2 is 1.89 bits per heavy atom. The minimum Gasteiger partial charge on any atom is -0.292 e. The number of hydrogen-bond donors (Lipinski definition) is 0. The molecular weight excluding hydrogens is 222 g/mol. The van der Waals surface area contributed by atoms with Gasteiger partial charge in [-0.15, -0.1) is 0 Å². The Kier molecular flexibility index (Phi) is 3.56. The Balaban J connectivity index is 2.22. The summed E-state index contributed by atoms with van der Waals surface area (Å²) in [6.07, 6.45) is 2.16. The molecular formula is C16H17NO. The third-order valence-electron chi connectivity index (χ3n) is 2.93. The Bertz CT molecular complexity index is 587. The first kappa shape index (κ1) is 12.5. The van der Waals surface area contributed by atoms with Gasteiger partial charge in [-0.25, -0.2) is 0 Å². The van der Waals surface area contributed by atoms with Gasteiger partial charge in [0.05, 0.1) is 0 Å². The van der Waals surface area contributed by atoms with Gasteiger partial charge in [0.15, 0.2) is 5.78 Å². The number of pyridine rings is 1. The number of carbonyl (C=O) groups excluding carboxylic acids is 1. The Morgan fingerprint density at radius 1 is 1.11 bits per heavy atom. The van der Waals surface area contributed by atoms with E-state index in [1.54, 1.807) is 6.20 Å². The lowest BCUT2D eigenvalue weighted by molar-refractivity contribution is 0.0987. The molecule has 0 aliphatic heterocycles. The average Bonchev–Trinajstić information content (AvgIpc) is 2.28. The van der Waals surface area contributed by atoms with Gasteiger partial charge in [-0.05, 0) is 37.5 Å².